The third-order valence-corrected chi connectivity index (χ3v) is 6.09. The number of hydrogen-bond donors (Lipinski definition) is 1. The molecule has 0 aliphatic carbocycles. The number of rotatable bonds is 3. The Balaban J connectivity index is 1.45. The van der Waals surface area contributed by atoms with E-state index >= 15 is 0 Å². The first-order chi connectivity index (χ1) is 15.0. The zero-order valence-electron chi connectivity index (χ0n) is 17.0. The van der Waals surface area contributed by atoms with Crippen LogP contribution in [0.25, 0.3) is 10.8 Å². The van der Waals surface area contributed by atoms with Crippen molar-refractivity contribution in [3.63, 3.8) is 0 Å². The van der Waals surface area contributed by atoms with Crippen molar-refractivity contribution in [1.82, 2.24) is 10.2 Å². The summed E-state index contributed by atoms with van der Waals surface area (Å²) in [4.78, 5) is 27.3. The minimum absolute atomic E-state index is 0.0875. The molecule has 1 fully saturated rings. The van der Waals surface area contributed by atoms with E-state index in [9.17, 15) is 9.59 Å². The molecule has 0 saturated carbocycles. The van der Waals surface area contributed by atoms with E-state index in [1.165, 1.54) is 4.90 Å². The molecular formula is C24H21ClN2O4. The normalized spacial score (nSPS) is 20.6. The molecule has 3 aromatic carbocycles. The molecule has 31 heavy (non-hydrogen) atoms. The quantitative estimate of drug-likeness (QED) is 0.608. The van der Waals surface area contributed by atoms with Crippen molar-refractivity contribution in [3.05, 3.63) is 70.7 Å². The second-order valence-corrected chi connectivity index (χ2v) is 8.37. The third kappa shape index (κ3) is 3.37. The van der Waals surface area contributed by atoms with Crippen molar-refractivity contribution in [1.29, 1.82) is 0 Å². The molecule has 3 aromatic rings. The van der Waals surface area contributed by atoms with Crippen molar-refractivity contribution in [2.24, 2.45) is 0 Å². The van der Waals surface area contributed by atoms with Gasteiger partial charge in [-0.3, -0.25) is 9.69 Å². The van der Waals surface area contributed by atoms with Crippen molar-refractivity contribution < 1.29 is 19.1 Å². The molecular weight excluding hydrogens is 416 g/mol. The average Bonchev–Trinajstić information content (AvgIpc) is 2.93. The summed E-state index contributed by atoms with van der Waals surface area (Å²) in [5.41, 5.74) is 0.292. The highest BCUT2D eigenvalue weighted by atomic mass is 35.5. The standard InChI is InChI=1S/C24H21ClN2O4/c1-24(18-8-7-16-5-2-3-6-17(16)13-18)22(28)27(23(29)26-24)14-15-11-19(25)21-20(12-15)30-9-4-10-31-21/h2-3,5-8,11-13H,4,9-10,14H2,1H3,(H,26,29). The summed E-state index contributed by atoms with van der Waals surface area (Å²) in [6, 6.07) is 16.7. The van der Waals surface area contributed by atoms with Crippen LogP contribution in [-0.4, -0.2) is 30.1 Å². The number of hydrogen-bond acceptors (Lipinski definition) is 4. The van der Waals surface area contributed by atoms with E-state index in [-0.39, 0.29) is 12.5 Å². The van der Waals surface area contributed by atoms with Crippen LogP contribution in [0.4, 0.5) is 4.79 Å². The summed E-state index contributed by atoms with van der Waals surface area (Å²) in [5, 5.41) is 5.35. The molecule has 1 atom stereocenters. The zero-order valence-corrected chi connectivity index (χ0v) is 17.7. The van der Waals surface area contributed by atoms with Crippen LogP contribution < -0.4 is 14.8 Å². The largest absolute Gasteiger partial charge is 0.489 e. The van der Waals surface area contributed by atoms with Crippen LogP contribution in [0.1, 0.15) is 24.5 Å². The lowest BCUT2D eigenvalue weighted by molar-refractivity contribution is -0.131. The fourth-order valence-electron chi connectivity index (χ4n) is 4.09. The van der Waals surface area contributed by atoms with Crippen molar-refractivity contribution >= 4 is 34.3 Å². The second kappa shape index (κ2) is 7.46. The first-order valence-corrected chi connectivity index (χ1v) is 10.5. The first-order valence-electron chi connectivity index (χ1n) is 10.2. The van der Waals surface area contributed by atoms with Gasteiger partial charge in [0.25, 0.3) is 5.91 Å². The highest BCUT2D eigenvalue weighted by molar-refractivity contribution is 6.32. The number of halogens is 1. The van der Waals surface area contributed by atoms with Gasteiger partial charge >= 0.3 is 6.03 Å². The van der Waals surface area contributed by atoms with Crippen molar-refractivity contribution in [3.8, 4) is 11.5 Å². The number of imide groups is 1. The fourth-order valence-corrected chi connectivity index (χ4v) is 4.38. The Morgan fingerprint density at radius 1 is 1.03 bits per heavy atom. The minimum Gasteiger partial charge on any atom is -0.489 e. The van der Waals surface area contributed by atoms with E-state index in [1.54, 1.807) is 19.1 Å². The number of carbonyl (C=O) groups is 2. The molecule has 0 bridgehead atoms. The van der Waals surface area contributed by atoms with Gasteiger partial charge in [-0.2, -0.15) is 0 Å². The van der Waals surface area contributed by atoms with Gasteiger partial charge in [-0.15, -0.1) is 0 Å². The van der Waals surface area contributed by atoms with E-state index in [2.05, 4.69) is 5.32 Å². The Morgan fingerprint density at radius 3 is 2.65 bits per heavy atom. The number of ether oxygens (including phenoxy) is 2. The lowest BCUT2D eigenvalue weighted by Crippen LogP contribution is -2.40. The predicted molar refractivity (Wildman–Crippen MR) is 117 cm³/mol. The lowest BCUT2D eigenvalue weighted by atomic mass is 9.90. The van der Waals surface area contributed by atoms with Gasteiger partial charge in [-0.05, 0) is 47.0 Å². The van der Waals surface area contributed by atoms with Gasteiger partial charge < -0.3 is 14.8 Å². The Labute approximate surface area is 184 Å². The summed E-state index contributed by atoms with van der Waals surface area (Å²) in [6.07, 6.45) is 0.761. The molecule has 2 aliphatic rings. The molecule has 0 spiro atoms. The molecule has 0 aromatic heterocycles. The molecule has 3 amide bonds. The van der Waals surface area contributed by atoms with Gasteiger partial charge in [0.2, 0.25) is 0 Å². The SMILES string of the molecule is CC1(c2ccc3ccccc3c2)NC(=O)N(Cc2cc(Cl)c3c(c2)OCCCO3)C1=O. The van der Waals surface area contributed by atoms with Crippen LogP contribution in [0.3, 0.4) is 0 Å². The molecule has 0 radical (unpaired) electrons. The number of nitrogens with zero attached hydrogens (tertiary/aromatic N) is 1. The number of carbonyl (C=O) groups excluding carboxylic acids is 2. The first kappa shape index (κ1) is 19.7. The Bertz CT molecular complexity index is 1210. The van der Waals surface area contributed by atoms with E-state index in [1.807, 2.05) is 42.5 Å². The van der Waals surface area contributed by atoms with Gasteiger partial charge in [-0.1, -0.05) is 48.0 Å². The monoisotopic (exact) mass is 436 g/mol. The average molecular weight is 437 g/mol. The Hall–Kier alpha value is -3.25. The zero-order chi connectivity index (χ0) is 21.6. The topological polar surface area (TPSA) is 67.9 Å². The van der Waals surface area contributed by atoms with Gasteiger partial charge in [-0.25, -0.2) is 4.79 Å². The molecule has 1 N–H and O–H groups in total. The van der Waals surface area contributed by atoms with Crippen molar-refractivity contribution in [2.45, 2.75) is 25.4 Å². The smallest absolute Gasteiger partial charge is 0.325 e. The van der Waals surface area contributed by atoms with E-state index in [0.717, 1.165) is 22.8 Å². The Kier molecular flexibility index (Phi) is 4.74. The molecule has 158 valence electrons. The third-order valence-electron chi connectivity index (χ3n) is 5.80. The summed E-state index contributed by atoms with van der Waals surface area (Å²) in [5.74, 6) is 0.724. The molecule has 1 saturated heterocycles. The van der Waals surface area contributed by atoms with Crippen LogP contribution in [0, 0.1) is 0 Å². The molecule has 2 heterocycles. The molecule has 7 heteroatoms. The van der Waals surface area contributed by atoms with Crippen LogP contribution in [0.15, 0.2) is 54.6 Å². The Morgan fingerprint density at radius 2 is 1.81 bits per heavy atom. The summed E-state index contributed by atoms with van der Waals surface area (Å²) < 4.78 is 11.4. The van der Waals surface area contributed by atoms with Crippen LogP contribution >= 0.6 is 11.6 Å². The summed E-state index contributed by atoms with van der Waals surface area (Å²) in [7, 11) is 0. The number of fused-ring (bicyclic) bond motifs is 2. The predicted octanol–water partition coefficient (Wildman–Crippen LogP) is 4.62. The van der Waals surface area contributed by atoms with Crippen molar-refractivity contribution in [2.75, 3.05) is 13.2 Å². The number of urea groups is 1. The molecule has 2 aliphatic heterocycles. The molecule has 5 rings (SSSR count). The van der Waals surface area contributed by atoms with Crippen LogP contribution in [0.5, 0.6) is 11.5 Å². The van der Waals surface area contributed by atoms with E-state index in [4.69, 9.17) is 21.1 Å². The maximum absolute atomic E-state index is 13.4. The fraction of sp³-hybridized carbons (Fsp3) is 0.250. The molecule has 6 nitrogen and oxygen atoms in total. The minimum atomic E-state index is -1.14. The van der Waals surface area contributed by atoms with E-state index < -0.39 is 11.6 Å². The number of nitrogens with one attached hydrogen (secondary N) is 1. The maximum Gasteiger partial charge on any atom is 0.325 e. The van der Waals surface area contributed by atoms with Gasteiger partial charge in [0.1, 0.15) is 5.54 Å². The maximum atomic E-state index is 13.4. The summed E-state index contributed by atoms with van der Waals surface area (Å²) >= 11 is 6.38. The van der Waals surface area contributed by atoms with Gasteiger partial charge in [0.05, 0.1) is 24.8 Å². The number of benzene rings is 3. The van der Waals surface area contributed by atoms with Crippen LogP contribution in [0.2, 0.25) is 5.02 Å². The lowest BCUT2D eigenvalue weighted by Gasteiger charge is -2.23. The highest BCUT2D eigenvalue weighted by Crippen LogP contribution is 2.39. The van der Waals surface area contributed by atoms with Gasteiger partial charge in [0, 0.05) is 6.42 Å². The van der Waals surface area contributed by atoms with E-state index in [0.29, 0.717) is 35.3 Å². The second-order valence-electron chi connectivity index (χ2n) is 7.96. The number of amides is 3. The summed E-state index contributed by atoms with van der Waals surface area (Å²) in [6.45, 7) is 2.88. The van der Waals surface area contributed by atoms with Crippen LogP contribution in [-0.2, 0) is 16.9 Å². The highest BCUT2D eigenvalue weighted by Gasteiger charge is 2.49. The molecule has 1 unspecified atom stereocenters. The van der Waals surface area contributed by atoms with Gasteiger partial charge in [0.15, 0.2) is 11.5 Å².